The fraction of sp³-hybridized carbons (Fsp3) is 0.636. The van der Waals surface area contributed by atoms with Crippen LogP contribution in [0.4, 0.5) is 0 Å². The molecular weight excluding hydrogens is 248 g/mol. The van der Waals surface area contributed by atoms with Gasteiger partial charge in [0, 0.05) is 19.3 Å². The van der Waals surface area contributed by atoms with E-state index in [1.54, 1.807) is 17.1 Å². The largest absolute Gasteiger partial charge is 0.409 e. The number of nitrogens with one attached hydrogen (secondary N) is 1. The normalized spacial score (nSPS) is 17.8. The lowest BCUT2D eigenvalue weighted by Crippen LogP contribution is -2.54. The number of rotatable bonds is 6. The van der Waals surface area contributed by atoms with Crippen molar-refractivity contribution in [3.05, 3.63) is 12.4 Å². The number of amidine groups is 1. The zero-order chi connectivity index (χ0) is 13.7. The van der Waals surface area contributed by atoms with Crippen LogP contribution in [0.2, 0.25) is 0 Å². The van der Waals surface area contributed by atoms with Gasteiger partial charge >= 0.3 is 0 Å². The van der Waals surface area contributed by atoms with Crippen LogP contribution in [0.5, 0.6) is 0 Å². The zero-order valence-electron chi connectivity index (χ0n) is 10.6. The van der Waals surface area contributed by atoms with Gasteiger partial charge in [-0.2, -0.15) is 0 Å². The van der Waals surface area contributed by atoms with E-state index in [-0.39, 0.29) is 11.7 Å². The number of hydrogen-bond acceptors (Lipinski definition) is 5. The second-order valence-electron chi connectivity index (χ2n) is 4.70. The van der Waals surface area contributed by atoms with Gasteiger partial charge in [0.25, 0.3) is 0 Å². The van der Waals surface area contributed by atoms with Gasteiger partial charge in [-0.05, 0) is 19.3 Å². The van der Waals surface area contributed by atoms with E-state index in [1.165, 1.54) is 0 Å². The molecule has 0 saturated heterocycles. The van der Waals surface area contributed by atoms with E-state index in [0.717, 1.165) is 12.8 Å². The summed E-state index contributed by atoms with van der Waals surface area (Å²) in [5.74, 6) is -0.153. The van der Waals surface area contributed by atoms with Crippen molar-refractivity contribution in [2.24, 2.45) is 16.3 Å². The molecule has 2 rings (SSSR count). The molecule has 1 amide bonds. The second kappa shape index (κ2) is 5.68. The summed E-state index contributed by atoms with van der Waals surface area (Å²) in [5, 5.41) is 22.1. The average Bonchev–Trinajstić information content (AvgIpc) is 2.86. The van der Waals surface area contributed by atoms with Crippen LogP contribution < -0.4 is 11.1 Å². The minimum atomic E-state index is -0.804. The lowest BCUT2D eigenvalue weighted by atomic mass is 9.67. The fourth-order valence-corrected chi connectivity index (χ4v) is 2.19. The van der Waals surface area contributed by atoms with E-state index >= 15 is 0 Å². The first-order chi connectivity index (χ1) is 9.19. The van der Waals surface area contributed by atoms with Crippen LogP contribution in [0.25, 0.3) is 0 Å². The van der Waals surface area contributed by atoms with Gasteiger partial charge in [-0.25, -0.2) is 0 Å². The number of aryl methyl sites for hydroxylation is 1. The number of nitrogens with zero attached hydrogens (tertiary/aromatic N) is 4. The summed E-state index contributed by atoms with van der Waals surface area (Å²) in [6.45, 7) is 1.22. The SMILES string of the molecule is N/C(=N/O)C1(C(=O)NCCCn2ccnn2)CCC1. The summed E-state index contributed by atoms with van der Waals surface area (Å²) in [6, 6.07) is 0. The van der Waals surface area contributed by atoms with E-state index in [0.29, 0.717) is 25.9 Å². The predicted octanol–water partition coefficient (Wildman–Crippen LogP) is -0.299. The molecule has 0 aliphatic heterocycles. The minimum Gasteiger partial charge on any atom is -0.409 e. The second-order valence-corrected chi connectivity index (χ2v) is 4.70. The lowest BCUT2D eigenvalue weighted by Gasteiger charge is -2.38. The van der Waals surface area contributed by atoms with Gasteiger partial charge in [0.05, 0.1) is 6.20 Å². The number of carbonyl (C=O) groups is 1. The van der Waals surface area contributed by atoms with Gasteiger partial charge in [0.15, 0.2) is 5.84 Å². The maximum atomic E-state index is 12.1. The molecule has 1 heterocycles. The first-order valence-electron chi connectivity index (χ1n) is 6.29. The Bertz CT molecular complexity index is 452. The molecule has 1 aliphatic rings. The van der Waals surface area contributed by atoms with Crippen LogP contribution in [0.15, 0.2) is 17.5 Å². The van der Waals surface area contributed by atoms with Gasteiger partial charge < -0.3 is 16.3 Å². The third-order valence-corrected chi connectivity index (χ3v) is 3.56. The van der Waals surface area contributed by atoms with Gasteiger partial charge in [0.1, 0.15) is 5.41 Å². The highest BCUT2D eigenvalue weighted by molar-refractivity contribution is 6.07. The van der Waals surface area contributed by atoms with Crippen LogP contribution in [0.1, 0.15) is 25.7 Å². The van der Waals surface area contributed by atoms with Crippen molar-refractivity contribution in [2.75, 3.05) is 6.54 Å². The van der Waals surface area contributed by atoms with Crippen molar-refractivity contribution in [3.8, 4) is 0 Å². The van der Waals surface area contributed by atoms with Crippen molar-refractivity contribution < 1.29 is 10.0 Å². The Morgan fingerprint density at radius 2 is 2.37 bits per heavy atom. The molecule has 4 N–H and O–H groups in total. The Morgan fingerprint density at radius 3 is 2.89 bits per heavy atom. The predicted molar refractivity (Wildman–Crippen MR) is 67.3 cm³/mol. The molecule has 0 atom stereocenters. The fourth-order valence-electron chi connectivity index (χ4n) is 2.19. The Balaban J connectivity index is 1.77. The quantitative estimate of drug-likeness (QED) is 0.215. The maximum absolute atomic E-state index is 12.1. The average molecular weight is 266 g/mol. The first kappa shape index (κ1) is 13.3. The summed E-state index contributed by atoms with van der Waals surface area (Å²) in [5.41, 5.74) is 4.81. The van der Waals surface area contributed by atoms with Gasteiger partial charge in [-0.1, -0.05) is 16.8 Å². The van der Waals surface area contributed by atoms with Crippen molar-refractivity contribution >= 4 is 11.7 Å². The van der Waals surface area contributed by atoms with Crippen LogP contribution in [-0.2, 0) is 11.3 Å². The van der Waals surface area contributed by atoms with Crippen LogP contribution in [0, 0.1) is 5.41 Å². The third-order valence-electron chi connectivity index (χ3n) is 3.56. The Labute approximate surface area is 110 Å². The molecule has 8 heteroatoms. The van der Waals surface area contributed by atoms with Crippen molar-refractivity contribution in [1.82, 2.24) is 20.3 Å². The molecule has 0 spiro atoms. The van der Waals surface area contributed by atoms with Gasteiger partial charge in [0.2, 0.25) is 5.91 Å². The molecule has 1 aromatic heterocycles. The molecule has 0 aromatic carbocycles. The summed E-state index contributed by atoms with van der Waals surface area (Å²) >= 11 is 0. The van der Waals surface area contributed by atoms with E-state index in [2.05, 4.69) is 20.8 Å². The molecule has 0 radical (unpaired) electrons. The van der Waals surface area contributed by atoms with Gasteiger partial charge in [-0.3, -0.25) is 9.48 Å². The minimum absolute atomic E-state index is 0.00697. The van der Waals surface area contributed by atoms with Crippen LogP contribution in [0.3, 0.4) is 0 Å². The molecule has 0 bridgehead atoms. The van der Waals surface area contributed by atoms with Crippen molar-refractivity contribution in [2.45, 2.75) is 32.2 Å². The molecule has 1 aromatic rings. The highest BCUT2D eigenvalue weighted by Gasteiger charge is 2.48. The van der Waals surface area contributed by atoms with E-state index in [9.17, 15) is 4.79 Å². The summed E-state index contributed by atoms with van der Waals surface area (Å²) in [7, 11) is 0. The van der Waals surface area contributed by atoms with E-state index in [1.807, 2.05) is 0 Å². The Morgan fingerprint density at radius 1 is 1.58 bits per heavy atom. The molecule has 1 fully saturated rings. The number of oxime groups is 1. The smallest absolute Gasteiger partial charge is 0.233 e. The van der Waals surface area contributed by atoms with Gasteiger partial charge in [-0.15, -0.1) is 5.10 Å². The summed E-state index contributed by atoms with van der Waals surface area (Å²) < 4.78 is 1.70. The Kier molecular flexibility index (Phi) is 3.98. The number of carbonyl (C=O) groups excluding carboxylic acids is 1. The molecule has 8 nitrogen and oxygen atoms in total. The highest BCUT2D eigenvalue weighted by atomic mass is 16.4. The summed E-state index contributed by atoms with van der Waals surface area (Å²) in [6.07, 6.45) is 6.32. The summed E-state index contributed by atoms with van der Waals surface area (Å²) in [4.78, 5) is 12.1. The molecule has 19 heavy (non-hydrogen) atoms. The van der Waals surface area contributed by atoms with Crippen molar-refractivity contribution in [3.63, 3.8) is 0 Å². The molecule has 0 unspecified atom stereocenters. The molecule has 104 valence electrons. The van der Waals surface area contributed by atoms with Crippen LogP contribution in [-0.4, -0.2) is 38.5 Å². The van der Waals surface area contributed by atoms with Crippen molar-refractivity contribution in [1.29, 1.82) is 0 Å². The first-order valence-corrected chi connectivity index (χ1v) is 6.29. The highest BCUT2D eigenvalue weighted by Crippen LogP contribution is 2.41. The monoisotopic (exact) mass is 266 g/mol. The topological polar surface area (TPSA) is 118 Å². The molecular formula is C11H18N6O2. The molecule has 1 saturated carbocycles. The number of amides is 1. The molecule has 1 aliphatic carbocycles. The standard InChI is InChI=1S/C11H18N6O2/c12-9(15-19)11(3-1-4-11)10(18)13-5-2-7-17-8-6-14-16-17/h6,8,19H,1-5,7H2,(H2,12,15)(H,13,18). The zero-order valence-corrected chi connectivity index (χ0v) is 10.6. The lowest BCUT2D eigenvalue weighted by molar-refractivity contribution is -0.131. The number of aromatic nitrogens is 3. The number of nitrogens with two attached hydrogens (primary N) is 1. The maximum Gasteiger partial charge on any atom is 0.233 e. The van der Waals surface area contributed by atoms with Crippen LogP contribution >= 0.6 is 0 Å². The Hall–Kier alpha value is -2.12. The van der Waals surface area contributed by atoms with E-state index in [4.69, 9.17) is 10.9 Å². The number of hydrogen-bond donors (Lipinski definition) is 3. The van der Waals surface area contributed by atoms with E-state index < -0.39 is 5.41 Å². The third kappa shape index (κ3) is 2.67.